The molecule has 0 saturated carbocycles. The largest absolute Gasteiger partial charge is 0.340 e. The van der Waals surface area contributed by atoms with Crippen LogP contribution in [0.25, 0.3) is 16.6 Å². The molecule has 190 valence electrons. The van der Waals surface area contributed by atoms with Crippen LogP contribution in [0.2, 0.25) is 0 Å². The van der Waals surface area contributed by atoms with Crippen molar-refractivity contribution in [3.63, 3.8) is 0 Å². The number of hydrogen-bond donors (Lipinski definition) is 1. The van der Waals surface area contributed by atoms with Crippen molar-refractivity contribution < 1.29 is 9.59 Å². The van der Waals surface area contributed by atoms with Crippen LogP contribution in [0.1, 0.15) is 45.2 Å². The molecule has 0 bridgehead atoms. The number of anilines is 1. The van der Waals surface area contributed by atoms with E-state index < -0.39 is 0 Å². The molecule has 0 unspecified atom stereocenters. The first kappa shape index (κ1) is 23.7. The minimum atomic E-state index is -0.130. The Kier molecular flexibility index (Phi) is 6.21. The summed E-state index contributed by atoms with van der Waals surface area (Å²) >= 11 is 0. The summed E-state index contributed by atoms with van der Waals surface area (Å²) in [4.78, 5) is 32.0. The number of rotatable bonds is 5. The average Bonchev–Trinajstić information content (AvgIpc) is 3.59. The Balaban J connectivity index is 1.06. The van der Waals surface area contributed by atoms with Crippen LogP contribution >= 0.6 is 0 Å². The summed E-state index contributed by atoms with van der Waals surface area (Å²) in [5.41, 5.74) is 5.05. The summed E-state index contributed by atoms with van der Waals surface area (Å²) in [6.45, 7) is 1.39. The molecule has 8 heteroatoms. The number of piperidine rings is 1. The summed E-state index contributed by atoms with van der Waals surface area (Å²) in [6, 6.07) is 21.7. The zero-order valence-electron chi connectivity index (χ0n) is 21.1. The highest BCUT2D eigenvalue weighted by atomic mass is 16.2. The Morgan fingerprint density at radius 2 is 1.74 bits per heavy atom. The molecule has 0 spiro atoms. The summed E-state index contributed by atoms with van der Waals surface area (Å²) in [7, 11) is 1.91. The number of pyridine rings is 1. The predicted octanol–water partition coefficient (Wildman–Crippen LogP) is 5.03. The first-order valence-electron chi connectivity index (χ1n) is 12.8. The van der Waals surface area contributed by atoms with Gasteiger partial charge >= 0.3 is 0 Å². The summed E-state index contributed by atoms with van der Waals surface area (Å²) in [5, 5.41) is 8.39. The molecule has 1 N–H and O–H groups in total. The van der Waals surface area contributed by atoms with Crippen LogP contribution in [-0.4, -0.2) is 49.1 Å². The topological polar surface area (TPSA) is 85.0 Å². The summed E-state index contributed by atoms with van der Waals surface area (Å²) < 4.78 is 3.59. The standard InChI is InChI=1S/C30H28N6O2/c1-34-27-7-3-2-5-23(27)17-28(34)29(37)33-25-10-8-21(9-11-25)22-12-15-35(16-13-22)30(38)24-18-32-36(20-24)26-6-4-14-31-19-26/h2-11,14,17-20,22H,12-13,15-16H2,1H3,(H,33,37). The van der Waals surface area contributed by atoms with Crippen molar-refractivity contribution in [3.8, 4) is 5.69 Å². The number of benzene rings is 2. The lowest BCUT2D eigenvalue weighted by molar-refractivity contribution is 0.0713. The number of carbonyl (C=O) groups is 2. The molecule has 1 aliphatic heterocycles. The number of amides is 2. The number of aryl methyl sites for hydroxylation is 1. The molecule has 0 atom stereocenters. The lowest BCUT2D eigenvalue weighted by Crippen LogP contribution is -2.37. The predicted molar refractivity (Wildman–Crippen MR) is 147 cm³/mol. The third kappa shape index (κ3) is 4.56. The third-order valence-corrected chi connectivity index (χ3v) is 7.35. The Hall–Kier alpha value is -4.72. The van der Waals surface area contributed by atoms with Gasteiger partial charge in [-0.2, -0.15) is 5.10 Å². The second-order valence-electron chi connectivity index (χ2n) is 9.67. The van der Waals surface area contributed by atoms with E-state index in [1.54, 1.807) is 29.5 Å². The van der Waals surface area contributed by atoms with E-state index in [1.807, 2.05) is 71.1 Å². The van der Waals surface area contributed by atoms with Gasteiger partial charge in [0.15, 0.2) is 0 Å². The fourth-order valence-corrected chi connectivity index (χ4v) is 5.20. The zero-order valence-corrected chi connectivity index (χ0v) is 21.1. The molecule has 3 aromatic heterocycles. The third-order valence-electron chi connectivity index (χ3n) is 7.35. The van der Waals surface area contributed by atoms with E-state index >= 15 is 0 Å². The van der Waals surface area contributed by atoms with Crippen LogP contribution in [0, 0.1) is 0 Å². The fourth-order valence-electron chi connectivity index (χ4n) is 5.20. The average molecular weight is 505 g/mol. The summed E-state index contributed by atoms with van der Waals surface area (Å²) in [5.74, 6) is 0.250. The van der Waals surface area contributed by atoms with E-state index in [9.17, 15) is 9.59 Å². The Bertz CT molecular complexity index is 1600. The van der Waals surface area contributed by atoms with E-state index in [0.29, 0.717) is 30.3 Å². The SMILES string of the molecule is Cn1c(C(=O)Nc2ccc(C3CCN(C(=O)c4cnn(-c5cccnc5)c4)CC3)cc2)cc2ccccc21. The van der Waals surface area contributed by atoms with E-state index in [4.69, 9.17) is 0 Å². The minimum Gasteiger partial charge on any atom is -0.340 e. The van der Waals surface area contributed by atoms with Gasteiger partial charge in [-0.1, -0.05) is 30.3 Å². The molecule has 8 nitrogen and oxygen atoms in total. The maximum atomic E-state index is 13.0. The van der Waals surface area contributed by atoms with Gasteiger partial charge in [-0.15, -0.1) is 0 Å². The smallest absolute Gasteiger partial charge is 0.272 e. The van der Waals surface area contributed by atoms with Crippen molar-refractivity contribution in [1.29, 1.82) is 0 Å². The molecule has 38 heavy (non-hydrogen) atoms. The Morgan fingerprint density at radius 3 is 2.47 bits per heavy atom. The second kappa shape index (κ2) is 9.97. The number of para-hydroxylation sites is 1. The number of likely N-dealkylation sites (tertiary alicyclic amines) is 1. The van der Waals surface area contributed by atoms with Crippen molar-refractivity contribution in [2.75, 3.05) is 18.4 Å². The van der Waals surface area contributed by atoms with E-state index in [0.717, 1.165) is 35.1 Å². The van der Waals surface area contributed by atoms with Crippen LogP contribution in [0.5, 0.6) is 0 Å². The lowest BCUT2D eigenvalue weighted by Gasteiger charge is -2.32. The van der Waals surface area contributed by atoms with E-state index in [2.05, 4.69) is 27.5 Å². The number of aromatic nitrogens is 4. The van der Waals surface area contributed by atoms with Gasteiger partial charge in [0.2, 0.25) is 0 Å². The van der Waals surface area contributed by atoms with Gasteiger partial charge in [0.1, 0.15) is 5.69 Å². The van der Waals surface area contributed by atoms with Gasteiger partial charge < -0.3 is 14.8 Å². The van der Waals surface area contributed by atoms with Gasteiger partial charge in [-0.3, -0.25) is 14.6 Å². The van der Waals surface area contributed by atoms with Crippen LogP contribution in [0.15, 0.2) is 91.5 Å². The molecular formula is C30H28N6O2. The quantitative estimate of drug-likeness (QED) is 0.364. The van der Waals surface area contributed by atoms with Gasteiger partial charge in [-0.05, 0) is 60.7 Å². The van der Waals surface area contributed by atoms with Gasteiger partial charge in [0.25, 0.3) is 11.8 Å². The van der Waals surface area contributed by atoms with E-state index in [1.165, 1.54) is 5.56 Å². The minimum absolute atomic E-state index is 0.00462. The van der Waals surface area contributed by atoms with Crippen LogP contribution in [0.3, 0.4) is 0 Å². The number of fused-ring (bicyclic) bond motifs is 1. The van der Waals surface area contributed by atoms with Crippen molar-refractivity contribution in [1.82, 2.24) is 24.2 Å². The Morgan fingerprint density at radius 1 is 0.947 bits per heavy atom. The molecular weight excluding hydrogens is 476 g/mol. The molecule has 1 saturated heterocycles. The monoisotopic (exact) mass is 504 g/mol. The maximum absolute atomic E-state index is 13.0. The number of nitrogens with one attached hydrogen (secondary N) is 1. The van der Waals surface area contributed by atoms with Crippen molar-refractivity contribution in [3.05, 3.63) is 108 Å². The lowest BCUT2D eigenvalue weighted by atomic mass is 9.89. The summed E-state index contributed by atoms with van der Waals surface area (Å²) in [6.07, 6.45) is 8.59. The first-order chi connectivity index (χ1) is 18.6. The molecule has 2 aromatic carbocycles. The number of nitrogens with zero attached hydrogens (tertiary/aromatic N) is 5. The van der Waals surface area contributed by atoms with Crippen LogP contribution < -0.4 is 5.32 Å². The highest BCUT2D eigenvalue weighted by molar-refractivity contribution is 6.06. The second-order valence-corrected chi connectivity index (χ2v) is 9.67. The fraction of sp³-hybridized carbons (Fsp3) is 0.200. The molecule has 5 aromatic rings. The van der Waals surface area contributed by atoms with E-state index in [-0.39, 0.29) is 11.8 Å². The van der Waals surface area contributed by atoms with Crippen LogP contribution in [-0.2, 0) is 7.05 Å². The van der Waals surface area contributed by atoms with Crippen molar-refractivity contribution >= 4 is 28.4 Å². The van der Waals surface area contributed by atoms with Gasteiger partial charge in [0, 0.05) is 49.1 Å². The highest BCUT2D eigenvalue weighted by Gasteiger charge is 2.25. The van der Waals surface area contributed by atoms with Crippen LogP contribution in [0.4, 0.5) is 5.69 Å². The highest BCUT2D eigenvalue weighted by Crippen LogP contribution is 2.30. The van der Waals surface area contributed by atoms with Gasteiger partial charge in [-0.25, -0.2) is 4.68 Å². The molecule has 1 aliphatic rings. The first-order valence-corrected chi connectivity index (χ1v) is 12.8. The molecule has 0 radical (unpaired) electrons. The normalized spacial score (nSPS) is 14.1. The maximum Gasteiger partial charge on any atom is 0.272 e. The van der Waals surface area contributed by atoms with Crippen molar-refractivity contribution in [2.24, 2.45) is 7.05 Å². The molecule has 0 aliphatic carbocycles. The number of hydrogen-bond acceptors (Lipinski definition) is 4. The molecule has 1 fully saturated rings. The molecule has 4 heterocycles. The van der Waals surface area contributed by atoms with Gasteiger partial charge in [0.05, 0.1) is 23.6 Å². The molecule has 2 amide bonds. The molecule has 6 rings (SSSR count). The van der Waals surface area contributed by atoms with Crippen molar-refractivity contribution in [2.45, 2.75) is 18.8 Å². The zero-order chi connectivity index (χ0) is 26.1. The number of carbonyl (C=O) groups excluding carboxylic acids is 2. The Labute approximate surface area is 220 Å².